The summed E-state index contributed by atoms with van der Waals surface area (Å²) in [5, 5.41) is 10.5. The lowest BCUT2D eigenvalue weighted by Gasteiger charge is -2.21. The Kier molecular flexibility index (Phi) is 52.5. The molecule has 19 heteroatoms. The van der Waals surface area contributed by atoms with E-state index in [1.807, 2.05) is 0 Å². The molecule has 0 saturated heterocycles. The fourth-order valence-electron chi connectivity index (χ4n) is 9.00. The zero-order chi connectivity index (χ0) is 59.4. The second kappa shape index (κ2) is 53.8. The first kappa shape index (κ1) is 78.1. The van der Waals surface area contributed by atoms with Crippen LogP contribution >= 0.6 is 15.6 Å². The zero-order valence-electron chi connectivity index (χ0n) is 51.4. The molecule has 80 heavy (non-hydrogen) atoms. The van der Waals surface area contributed by atoms with Crippen LogP contribution in [0.5, 0.6) is 0 Å². The normalized spacial score (nSPS) is 14.4. The minimum absolute atomic E-state index is 0.102. The van der Waals surface area contributed by atoms with Crippen LogP contribution in [-0.4, -0.2) is 96.7 Å². The molecule has 0 radical (unpaired) electrons. The first-order valence-electron chi connectivity index (χ1n) is 32.0. The van der Waals surface area contributed by atoms with E-state index in [2.05, 4.69) is 41.5 Å². The molecule has 0 saturated carbocycles. The average molecular weight is 1190 g/mol. The van der Waals surface area contributed by atoms with Gasteiger partial charge in [-0.15, -0.1) is 0 Å². The van der Waals surface area contributed by atoms with Crippen LogP contribution in [0.15, 0.2) is 0 Å². The quantitative estimate of drug-likeness (QED) is 0.0222. The Morgan fingerprint density at radius 2 is 0.575 bits per heavy atom. The molecule has 0 rings (SSSR count). The van der Waals surface area contributed by atoms with Gasteiger partial charge in [0.05, 0.1) is 26.4 Å². The summed E-state index contributed by atoms with van der Waals surface area (Å²) in [6, 6.07) is 0. The molecule has 5 atom stereocenters. The SMILES string of the molecule is CCCCCCCCCCCCCCCCCC(=O)O[C@H](COC(=O)CCCCCCCCCC(C)C)COP(=O)(O)OC[C@@H](O)COP(=O)(O)OC[C@@H](COC(=O)CCCCCCC)OC(=O)CCCCCCCCCC(C)C. The molecule has 0 aromatic carbocycles. The fraction of sp³-hybridized carbons (Fsp3) is 0.934. The number of phosphoric acid groups is 2. The van der Waals surface area contributed by atoms with Crippen molar-refractivity contribution < 1.29 is 80.2 Å². The molecule has 17 nitrogen and oxygen atoms in total. The van der Waals surface area contributed by atoms with Gasteiger partial charge in [0, 0.05) is 25.7 Å². The van der Waals surface area contributed by atoms with E-state index >= 15 is 0 Å². The van der Waals surface area contributed by atoms with Crippen molar-refractivity contribution in [2.75, 3.05) is 39.6 Å². The molecule has 0 amide bonds. The number of carbonyl (C=O) groups excluding carboxylic acids is 4. The van der Waals surface area contributed by atoms with Crippen LogP contribution in [0.3, 0.4) is 0 Å². The molecule has 0 aromatic rings. The van der Waals surface area contributed by atoms with Gasteiger partial charge in [-0.1, -0.05) is 247 Å². The van der Waals surface area contributed by atoms with E-state index in [4.69, 9.17) is 37.0 Å². The molecule has 0 heterocycles. The van der Waals surface area contributed by atoms with Crippen LogP contribution < -0.4 is 0 Å². The Hall–Kier alpha value is -1.94. The lowest BCUT2D eigenvalue weighted by Crippen LogP contribution is -2.30. The minimum atomic E-state index is -4.94. The third kappa shape index (κ3) is 55.3. The monoisotopic (exact) mass is 1180 g/mol. The van der Waals surface area contributed by atoms with Gasteiger partial charge in [0.1, 0.15) is 19.3 Å². The van der Waals surface area contributed by atoms with Crippen LogP contribution in [0.25, 0.3) is 0 Å². The van der Waals surface area contributed by atoms with Gasteiger partial charge in [-0.2, -0.15) is 0 Å². The molecule has 0 aliphatic heterocycles. The highest BCUT2D eigenvalue weighted by Crippen LogP contribution is 2.45. The van der Waals surface area contributed by atoms with Gasteiger partial charge in [-0.25, -0.2) is 9.13 Å². The van der Waals surface area contributed by atoms with Gasteiger partial charge in [0.25, 0.3) is 0 Å². The molecular weight excluding hydrogens is 1070 g/mol. The van der Waals surface area contributed by atoms with Crippen molar-refractivity contribution in [1.82, 2.24) is 0 Å². The highest BCUT2D eigenvalue weighted by molar-refractivity contribution is 7.47. The zero-order valence-corrected chi connectivity index (χ0v) is 53.2. The van der Waals surface area contributed by atoms with E-state index in [0.29, 0.717) is 37.5 Å². The van der Waals surface area contributed by atoms with E-state index in [0.717, 1.165) is 103 Å². The molecule has 0 spiro atoms. The Bertz CT molecular complexity index is 1580. The van der Waals surface area contributed by atoms with Crippen molar-refractivity contribution in [2.45, 2.75) is 317 Å². The Labute approximate surface area is 486 Å². The first-order chi connectivity index (χ1) is 38.4. The van der Waals surface area contributed by atoms with Gasteiger partial charge < -0.3 is 33.8 Å². The first-order valence-corrected chi connectivity index (χ1v) is 35.0. The van der Waals surface area contributed by atoms with E-state index in [-0.39, 0.29) is 25.7 Å². The topological polar surface area (TPSA) is 237 Å². The van der Waals surface area contributed by atoms with Gasteiger partial charge in [0.15, 0.2) is 12.2 Å². The number of aliphatic hydroxyl groups excluding tert-OH is 1. The van der Waals surface area contributed by atoms with Gasteiger partial charge in [0.2, 0.25) is 0 Å². The number of aliphatic hydroxyl groups is 1. The summed E-state index contributed by atoms with van der Waals surface area (Å²) in [5.74, 6) is -0.750. The Morgan fingerprint density at radius 3 is 0.850 bits per heavy atom. The highest BCUT2D eigenvalue weighted by atomic mass is 31.2. The van der Waals surface area contributed by atoms with Crippen LogP contribution in [-0.2, 0) is 65.4 Å². The number of esters is 4. The summed E-state index contributed by atoms with van der Waals surface area (Å²) in [4.78, 5) is 71.8. The molecule has 0 aromatic heterocycles. The number of ether oxygens (including phenoxy) is 4. The van der Waals surface area contributed by atoms with Crippen molar-refractivity contribution in [3.05, 3.63) is 0 Å². The molecule has 474 valence electrons. The Morgan fingerprint density at radius 1 is 0.338 bits per heavy atom. The smallest absolute Gasteiger partial charge is 0.462 e. The van der Waals surface area contributed by atoms with E-state index in [1.54, 1.807) is 0 Å². The molecule has 0 aliphatic rings. The van der Waals surface area contributed by atoms with Crippen molar-refractivity contribution in [3.63, 3.8) is 0 Å². The molecule has 2 unspecified atom stereocenters. The van der Waals surface area contributed by atoms with E-state index < -0.39 is 97.5 Å². The summed E-state index contributed by atoms with van der Waals surface area (Å²) < 4.78 is 67.7. The standard InChI is InChI=1S/C61H118O17P2/c1-7-9-11-13-14-15-16-17-18-19-20-21-26-33-39-45-60(65)78-57(50-72-59(64)44-38-32-27-22-24-30-35-41-53(3)4)52-76-80(69,70)74-48-55(62)47-73-79(67,68)75-51-56(49-71-58(63)43-37-29-12-10-8-2)77-61(66)46-40-34-28-23-25-31-36-42-54(5)6/h53-57,62H,7-52H2,1-6H3,(H,67,68)(H,69,70)/t55-,56+,57+/m0/s1. The summed E-state index contributed by atoms with van der Waals surface area (Å²) >= 11 is 0. The molecule has 0 aliphatic carbocycles. The number of hydrogen-bond acceptors (Lipinski definition) is 15. The third-order valence-electron chi connectivity index (χ3n) is 14.0. The van der Waals surface area contributed by atoms with Crippen LogP contribution in [0, 0.1) is 11.8 Å². The lowest BCUT2D eigenvalue weighted by atomic mass is 10.0. The van der Waals surface area contributed by atoms with Crippen molar-refractivity contribution in [1.29, 1.82) is 0 Å². The predicted molar refractivity (Wildman–Crippen MR) is 317 cm³/mol. The van der Waals surface area contributed by atoms with Gasteiger partial charge >= 0.3 is 39.5 Å². The number of hydrogen-bond donors (Lipinski definition) is 3. The molecule has 3 N–H and O–H groups in total. The maximum atomic E-state index is 12.9. The van der Waals surface area contributed by atoms with Crippen molar-refractivity contribution >= 4 is 39.5 Å². The predicted octanol–water partition coefficient (Wildman–Crippen LogP) is 16.5. The van der Waals surface area contributed by atoms with Crippen LogP contribution in [0.1, 0.15) is 298 Å². The number of rotatable bonds is 60. The second-order valence-electron chi connectivity index (χ2n) is 23.0. The maximum absolute atomic E-state index is 12.9. The fourth-order valence-corrected chi connectivity index (χ4v) is 10.6. The number of carbonyl (C=O) groups is 4. The number of phosphoric ester groups is 2. The Balaban J connectivity index is 5.17. The maximum Gasteiger partial charge on any atom is 0.472 e. The third-order valence-corrected chi connectivity index (χ3v) is 15.9. The average Bonchev–Trinajstić information content (AvgIpc) is 3.41. The largest absolute Gasteiger partial charge is 0.472 e. The van der Waals surface area contributed by atoms with Crippen LogP contribution in [0.2, 0.25) is 0 Å². The van der Waals surface area contributed by atoms with Crippen LogP contribution in [0.4, 0.5) is 0 Å². The summed E-state index contributed by atoms with van der Waals surface area (Å²) in [7, 11) is -9.87. The minimum Gasteiger partial charge on any atom is -0.462 e. The van der Waals surface area contributed by atoms with Crippen molar-refractivity contribution in [2.24, 2.45) is 11.8 Å². The van der Waals surface area contributed by atoms with Gasteiger partial charge in [-0.3, -0.25) is 37.3 Å². The van der Waals surface area contributed by atoms with Gasteiger partial charge in [-0.05, 0) is 37.5 Å². The summed E-state index contributed by atoms with van der Waals surface area (Å²) in [5.41, 5.74) is 0. The number of unbranched alkanes of at least 4 members (excludes halogenated alkanes) is 30. The molecule has 0 bridgehead atoms. The lowest BCUT2D eigenvalue weighted by molar-refractivity contribution is -0.161. The molecule has 0 fully saturated rings. The molecular formula is C61H118O17P2. The highest BCUT2D eigenvalue weighted by Gasteiger charge is 2.30. The van der Waals surface area contributed by atoms with E-state index in [9.17, 15) is 43.2 Å². The van der Waals surface area contributed by atoms with E-state index in [1.165, 1.54) is 103 Å². The summed E-state index contributed by atoms with van der Waals surface area (Å²) in [6.07, 6.45) is 35.4. The second-order valence-corrected chi connectivity index (χ2v) is 25.9. The van der Waals surface area contributed by atoms with Crippen molar-refractivity contribution in [3.8, 4) is 0 Å². The summed E-state index contributed by atoms with van der Waals surface area (Å²) in [6.45, 7) is 9.27.